The average molecular weight is 306 g/mol. The molecule has 2 saturated heterocycles. The maximum absolute atomic E-state index is 13.3. The molecular formula is C19H34N2O. The van der Waals surface area contributed by atoms with Crippen LogP contribution in [0.3, 0.4) is 0 Å². The molecular weight excluding hydrogens is 272 g/mol. The van der Waals surface area contributed by atoms with Crippen molar-refractivity contribution in [3.05, 3.63) is 0 Å². The van der Waals surface area contributed by atoms with Crippen molar-refractivity contribution in [2.24, 2.45) is 17.3 Å². The number of amides is 1. The first-order valence-corrected chi connectivity index (χ1v) is 9.46. The third-order valence-electron chi connectivity index (χ3n) is 6.24. The van der Waals surface area contributed by atoms with Crippen LogP contribution in [0.25, 0.3) is 0 Å². The van der Waals surface area contributed by atoms with Crippen LogP contribution in [0.5, 0.6) is 0 Å². The van der Waals surface area contributed by atoms with E-state index in [1.807, 2.05) is 0 Å². The fourth-order valence-electron chi connectivity index (χ4n) is 4.90. The lowest BCUT2D eigenvalue weighted by atomic mass is 9.81. The molecule has 2 aliphatic heterocycles. The van der Waals surface area contributed by atoms with Gasteiger partial charge in [0.05, 0.1) is 6.17 Å². The van der Waals surface area contributed by atoms with Crippen LogP contribution < -0.4 is 5.32 Å². The highest BCUT2D eigenvalue weighted by Gasteiger charge is 2.50. The molecule has 1 aliphatic carbocycles. The van der Waals surface area contributed by atoms with Gasteiger partial charge in [0.1, 0.15) is 0 Å². The first-order chi connectivity index (χ1) is 10.4. The lowest BCUT2D eigenvalue weighted by Crippen LogP contribution is -2.57. The third kappa shape index (κ3) is 3.06. The van der Waals surface area contributed by atoms with E-state index in [4.69, 9.17) is 0 Å². The van der Waals surface area contributed by atoms with Crippen LogP contribution in [0.1, 0.15) is 79.1 Å². The smallest absolute Gasteiger partial charge is 0.227 e. The first kappa shape index (κ1) is 16.3. The summed E-state index contributed by atoms with van der Waals surface area (Å²) >= 11 is 0. The summed E-state index contributed by atoms with van der Waals surface area (Å²) in [6.45, 7) is 9.18. The van der Waals surface area contributed by atoms with E-state index in [2.05, 4.69) is 37.9 Å². The topological polar surface area (TPSA) is 32.3 Å². The van der Waals surface area contributed by atoms with Crippen molar-refractivity contribution in [1.82, 2.24) is 10.2 Å². The normalized spacial score (nSPS) is 37.2. The van der Waals surface area contributed by atoms with Gasteiger partial charge in [-0.1, -0.05) is 40.0 Å². The van der Waals surface area contributed by atoms with Gasteiger partial charge in [0, 0.05) is 18.0 Å². The van der Waals surface area contributed by atoms with Crippen molar-refractivity contribution < 1.29 is 4.79 Å². The summed E-state index contributed by atoms with van der Waals surface area (Å²) in [4.78, 5) is 15.6. The van der Waals surface area contributed by atoms with Crippen molar-refractivity contribution in [2.75, 3.05) is 0 Å². The molecule has 1 amide bonds. The minimum Gasteiger partial charge on any atom is -0.323 e. The van der Waals surface area contributed by atoms with Gasteiger partial charge in [-0.2, -0.15) is 0 Å². The highest BCUT2D eigenvalue weighted by Crippen LogP contribution is 2.43. The molecule has 3 aliphatic rings. The number of likely N-dealkylation sites (tertiary alicyclic amines) is 1. The number of rotatable bonds is 1. The second kappa shape index (κ2) is 6.14. The summed E-state index contributed by atoms with van der Waals surface area (Å²) in [7, 11) is 0. The number of piperidine rings is 1. The van der Waals surface area contributed by atoms with Crippen LogP contribution in [-0.4, -0.2) is 29.1 Å². The number of carbonyl (C=O) groups is 1. The number of nitrogens with zero attached hydrogens (tertiary/aromatic N) is 1. The van der Waals surface area contributed by atoms with E-state index in [1.54, 1.807) is 0 Å². The van der Waals surface area contributed by atoms with Crippen LogP contribution in [0, 0.1) is 17.3 Å². The molecule has 22 heavy (non-hydrogen) atoms. The van der Waals surface area contributed by atoms with Gasteiger partial charge < -0.3 is 4.90 Å². The van der Waals surface area contributed by atoms with E-state index in [0.717, 1.165) is 12.8 Å². The maximum atomic E-state index is 13.3. The van der Waals surface area contributed by atoms with Gasteiger partial charge in [0.25, 0.3) is 0 Å². The average Bonchev–Trinajstić information content (AvgIpc) is 2.86. The fourth-order valence-corrected chi connectivity index (χ4v) is 4.90. The second-order valence-electron chi connectivity index (χ2n) is 9.05. The summed E-state index contributed by atoms with van der Waals surface area (Å²) in [6.07, 6.45) is 10.0. The Morgan fingerprint density at radius 2 is 1.73 bits per heavy atom. The lowest BCUT2D eigenvalue weighted by molar-refractivity contribution is -0.143. The molecule has 3 fully saturated rings. The van der Waals surface area contributed by atoms with Crippen LogP contribution >= 0.6 is 0 Å². The zero-order chi connectivity index (χ0) is 15.9. The third-order valence-corrected chi connectivity index (χ3v) is 6.24. The fraction of sp³-hybridized carbons (Fsp3) is 0.947. The highest BCUT2D eigenvalue weighted by atomic mass is 16.2. The summed E-state index contributed by atoms with van der Waals surface area (Å²) in [5, 5.41) is 3.76. The van der Waals surface area contributed by atoms with Crippen LogP contribution in [-0.2, 0) is 4.79 Å². The van der Waals surface area contributed by atoms with Crippen molar-refractivity contribution >= 4 is 5.91 Å². The number of hydrogen-bond acceptors (Lipinski definition) is 2. The predicted molar refractivity (Wildman–Crippen MR) is 90.4 cm³/mol. The van der Waals surface area contributed by atoms with Crippen molar-refractivity contribution in [2.45, 2.75) is 97.3 Å². The van der Waals surface area contributed by atoms with Crippen molar-refractivity contribution in [1.29, 1.82) is 0 Å². The molecule has 0 aromatic carbocycles. The molecule has 126 valence electrons. The number of fused-ring (bicyclic) bond motifs is 1. The summed E-state index contributed by atoms with van der Waals surface area (Å²) < 4.78 is 0. The van der Waals surface area contributed by atoms with Crippen molar-refractivity contribution in [3.63, 3.8) is 0 Å². The maximum Gasteiger partial charge on any atom is 0.227 e. The minimum absolute atomic E-state index is 0.173. The van der Waals surface area contributed by atoms with E-state index in [1.165, 1.54) is 38.5 Å². The van der Waals surface area contributed by atoms with Gasteiger partial charge in [-0.3, -0.25) is 10.1 Å². The van der Waals surface area contributed by atoms with Crippen LogP contribution in [0.15, 0.2) is 0 Å². The Labute approximate surface area is 136 Å². The van der Waals surface area contributed by atoms with Gasteiger partial charge in [-0.15, -0.1) is 0 Å². The van der Waals surface area contributed by atoms with E-state index < -0.39 is 0 Å². The number of carbonyl (C=O) groups excluding carboxylic acids is 1. The molecule has 1 N–H and O–H groups in total. The van der Waals surface area contributed by atoms with Gasteiger partial charge in [0.15, 0.2) is 0 Å². The Kier molecular flexibility index (Phi) is 4.55. The van der Waals surface area contributed by atoms with Gasteiger partial charge >= 0.3 is 0 Å². The Morgan fingerprint density at radius 3 is 2.36 bits per heavy atom. The monoisotopic (exact) mass is 306 g/mol. The molecule has 3 rings (SSSR count). The Balaban J connectivity index is 1.83. The molecule has 3 nitrogen and oxygen atoms in total. The first-order valence-electron chi connectivity index (χ1n) is 9.46. The standard InChI is InChI=1S/C19H34N2O/c1-13-10-11-15-12-16(19(2,3)4)21(17(15)20-13)18(22)14-8-6-5-7-9-14/h13-17,20H,5-12H2,1-4H3. The molecule has 0 aromatic rings. The lowest BCUT2D eigenvalue weighted by Gasteiger charge is -2.42. The molecule has 1 saturated carbocycles. The zero-order valence-electron chi connectivity index (χ0n) is 14.9. The SMILES string of the molecule is CC1CCC2CC(C(C)(C)C)N(C(=O)C3CCCCC3)C2N1. The quantitative estimate of drug-likeness (QED) is 0.796. The molecule has 2 heterocycles. The summed E-state index contributed by atoms with van der Waals surface area (Å²) in [5.74, 6) is 1.40. The Morgan fingerprint density at radius 1 is 1.05 bits per heavy atom. The zero-order valence-corrected chi connectivity index (χ0v) is 14.9. The molecule has 0 aromatic heterocycles. The van der Waals surface area contributed by atoms with Crippen LogP contribution in [0.2, 0.25) is 0 Å². The minimum atomic E-state index is 0.173. The predicted octanol–water partition coefficient (Wildman–Crippen LogP) is 3.93. The molecule has 4 unspecified atom stereocenters. The molecule has 0 spiro atoms. The highest BCUT2D eigenvalue weighted by molar-refractivity contribution is 5.80. The van der Waals surface area contributed by atoms with Crippen LogP contribution in [0.4, 0.5) is 0 Å². The molecule has 4 atom stereocenters. The number of nitrogens with one attached hydrogen (secondary N) is 1. The largest absolute Gasteiger partial charge is 0.323 e. The van der Waals surface area contributed by atoms with Crippen molar-refractivity contribution in [3.8, 4) is 0 Å². The number of hydrogen-bond donors (Lipinski definition) is 1. The molecule has 0 bridgehead atoms. The Hall–Kier alpha value is -0.570. The van der Waals surface area contributed by atoms with E-state index in [0.29, 0.717) is 30.1 Å². The van der Waals surface area contributed by atoms with E-state index in [9.17, 15) is 4.79 Å². The van der Waals surface area contributed by atoms with Gasteiger partial charge in [-0.25, -0.2) is 0 Å². The van der Waals surface area contributed by atoms with E-state index >= 15 is 0 Å². The van der Waals surface area contributed by atoms with Gasteiger partial charge in [-0.05, 0) is 50.4 Å². The summed E-state index contributed by atoms with van der Waals surface area (Å²) in [6, 6.07) is 0.941. The molecule has 0 radical (unpaired) electrons. The van der Waals surface area contributed by atoms with E-state index in [-0.39, 0.29) is 11.3 Å². The molecule has 3 heteroatoms. The van der Waals surface area contributed by atoms with Gasteiger partial charge in [0.2, 0.25) is 5.91 Å². The Bertz CT molecular complexity index is 408. The summed E-state index contributed by atoms with van der Waals surface area (Å²) in [5.41, 5.74) is 0.173. The second-order valence-corrected chi connectivity index (χ2v) is 9.05.